The smallest absolute Gasteiger partial charge is 0.352 e. The van der Waals surface area contributed by atoms with Crippen molar-refractivity contribution in [1.29, 1.82) is 0 Å². The molecule has 6 nitrogen and oxygen atoms in total. The molecule has 0 aromatic carbocycles. The van der Waals surface area contributed by atoms with Gasteiger partial charge in [0.25, 0.3) is 0 Å². The quantitative estimate of drug-likeness (QED) is 0.387. The highest BCUT2D eigenvalue weighted by atomic mass is 16.5. The van der Waals surface area contributed by atoms with Gasteiger partial charge >= 0.3 is 11.9 Å². The summed E-state index contributed by atoms with van der Waals surface area (Å²) in [5.41, 5.74) is -0.0718. The van der Waals surface area contributed by atoms with E-state index in [9.17, 15) is 14.4 Å². The molecule has 2 N–H and O–H groups in total. The summed E-state index contributed by atoms with van der Waals surface area (Å²) in [6.07, 6.45) is 5.26. The van der Waals surface area contributed by atoms with Gasteiger partial charge in [0.05, 0.1) is 6.61 Å². The Bertz CT molecular complexity index is 467. The summed E-state index contributed by atoms with van der Waals surface area (Å²) in [6, 6.07) is 0. The van der Waals surface area contributed by atoms with Crippen LogP contribution in [0.5, 0.6) is 0 Å². The second-order valence-electron chi connectivity index (χ2n) is 6.35. The lowest BCUT2D eigenvalue weighted by Crippen LogP contribution is -2.29. The van der Waals surface area contributed by atoms with Crippen LogP contribution >= 0.6 is 0 Å². The Hall–Kier alpha value is -1.85. The van der Waals surface area contributed by atoms with E-state index < -0.39 is 5.97 Å². The molecule has 0 bridgehead atoms. The first kappa shape index (κ1) is 18.2. The topological polar surface area (TPSA) is 92.7 Å². The third kappa shape index (κ3) is 6.28. The van der Waals surface area contributed by atoms with Crippen LogP contribution in [-0.2, 0) is 19.1 Å². The number of allylic oxidation sites excluding steroid dienone is 1. The van der Waals surface area contributed by atoms with Crippen molar-refractivity contribution in [2.45, 2.75) is 52.9 Å². The van der Waals surface area contributed by atoms with Gasteiger partial charge in [-0.05, 0) is 37.5 Å². The third-order valence-electron chi connectivity index (χ3n) is 3.82. The van der Waals surface area contributed by atoms with Crippen molar-refractivity contribution in [3.8, 4) is 0 Å². The van der Waals surface area contributed by atoms with Crippen LogP contribution in [-0.4, -0.2) is 29.6 Å². The van der Waals surface area contributed by atoms with E-state index in [1.54, 1.807) is 6.08 Å². The highest BCUT2D eigenvalue weighted by molar-refractivity contribution is 5.94. The van der Waals surface area contributed by atoms with Gasteiger partial charge in [-0.1, -0.05) is 19.9 Å². The number of carboxylic acid groups (broad SMARTS) is 1. The minimum atomic E-state index is -1.12. The molecule has 6 heteroatoms. The molecular weight excluding hydrogens is 286 g/mol. The molecule has 0 saturated heterocycles. The molecule has 0 heterocycles. The Morgan fingerprint density at radius 2 is 1.91 bits per heavy atom. The van der Waals surface area contributed by atoms with E-state index in [4.69, 9.17) is 9.84 Å². The van der Waals surface area contributed by atoms with Crippen molar-refractivity contribution in [3.63, 3.8) is 0 Å². The summed E-state index contributed by atoms with van der Waals surface area (Å²) in [7, 11) is 0. The molecule has 1 aliphatic rings. The van der Waals surface area contributed by atoms with Gasteiger partial charge in [-0.15, -0.1) is 0 Å². The number of aliphatic carboxylic acids is 1. The van der Waals surface area contributed by atoms with Crippen molar-refractivity contribution < 1.29 is 24.2 Å². The number of ether oxygens (including phenoxy) is 1. The maximum absolute atomic E-state index is 11.9. The Balaban J connectivity index is 2.29. The van der Waals surface area contributed by atoms with E-state index in [-0.39, 0.29) is 28.9 Å². The zero-order valence-electron chi connectivity index (χ0n) is 13.5. The summed E-state index contributed by atoms with van der Waals surface area (Å²) in [5.74, 6) is -1.72. The van der Waals surface area contributed by atoms with Crippen LogP contribution in [0.15, 0.2) is 11.8 Å². The first-order valence-corrected chi connectivity index (χ1v) is 7.61. The first-order valence-electron chi connectivity index (χ1n) is 7.61. The lowest BCUT2D eigenvalue weighted by atomic mass is 10.1. The van der Waals surface area contributed by atoms with Gasteiger partial charge in [-0.3, -0.25) is 9.59 Å². The van der Waals surface area contributed by atoms with Crippen LogP contribution in [0.1, 0.15) is 52.9 Å². The molecule has 1 aliphatic carbocycles. The summed E-state index contributed by atoms with van der Waals surface area (Å²) < 4.78 is 4.81. The second kappa shape index (κ2) is 7.96. The number of esters is 1. The normalized spacial score (nSPS) is 19.4. The van der Waals surface area contributed by atoms with E-state index in [0.29, 0.717) is 13.0 Å². The fourth-order valence-corrected chi connectivity index (χ4v) is 2.21. The number of hydrogen-bond acceptors (Lipinski definition) is 4. The molecular formula is C16H25NO5. The van der Waals surface area contributed by atoms with E-state index in [0.717, 1.165) is 25.7 Å². The summed E-state index contributed by atoms with van der Waals surface area (Å²) in [5, 5.41) is 11.6. The number of rotatable bonds is 9. The molecule has 1 fully saturated rings. The molecule has 1 unspecified atom stereocenters. The fraction of sp³-hybridized carbons (Fsp3) is 0.688. The molecule has 0 spiro atoms. The van der Waals surface area contributed by atoms with Crippen LogP contribution in [0.2, 0.25) is 0 Å². The molecule has 0 radical (unpaired) electrons. The van der Waals surface area contributed by atoms with Crippen molar-refractivity contribution in [3.05, 3.63) is 11.8 Å². The highest BCUT2D eigenvalue weighted by Gasteiger charge is 2.50. The molecule has 1 rings (SSSR count). The minimum Gasteiger partial charge on any atom is -0.477 e. The average molecular weight is 311 g/mol. The van der Waals surface area contributed by atoms with Crippen LogP contribution in [0.4, 0.5) is 0 Å². The SMILES string of the molecule is CC(=O)OCCCCC/C=C(/NC(=O)C1CC1(C)C)C(=O)O. The van der Waals surface area contributed by atoms with Crippen molar-refractivity contribution in [2.75, 3.05) is 6.61 Å². The van der Waals surface area contributed by atoms with Crippen LogP contribution in [0.3, 0.4) is 0 Å². The number of nitrogens with one attached hydrogen (secondary N) is 1. The second-order valence-corrected chi connectivity index (χ2v) is 6.35. The molecule has 0 aliphatic heterocycles. The van der Waals surface area contributed by atoms with Crippen molar-refractivity contribution in [1.82, 2.24) is 5.32 Å². The fourth-order valence-electron chi connectivity index (χ4n) is 2.21. The predicted molar refractivity (Wildman–Crippen MR) is 80.9 cm³/mol. The van der Waals surface area contributed by atoms with Crippen LogP contribution in [0, 0.1) is 11.3 Å². The lowest BCUT2D eigenvalue weighted by Gasteiger charge is -2.07. The van der Waals surface area contributed by atoms with E-state index >= 15 is 0 Å². The van der Waals surface area contributed by atoms with E-state index in [2.05, 4.69) is 5.32 Å². The van der Waals surface area contributed by atoms with Crippen LogP contribution < -0.4 is 5.32 Å². The predicted octanol–water partition coefficient (Wildman–Crippen LogP) is 2.24. The number of hydrogen-bond donors (Lipinski definition) is 2. The monoisotopic (exact) mass is 311 g/mol. The van der Waals surface area contributed by atoms with Gasteiger partial charge in [0.15, 0.2) is 0 Å². The number of amides is 1. The van der Waals surface area contributed by atoms with E-state index in [1.807, 2.05) is 13.8 Å². The summed E-state index contributed by atoms with van der Waals surface area (Å²) in [4.78, 5) is 33.6. The maximum atomic E-state index is 11.9. The maximum Gasteiger partial charge on any atom is 0.352 e. The molecule has 1 atom stereocenters. The van der Waals surface area contributed by atoms with Gasteiger partial charge < -0.3 is 15.2 Å². The number of unbranched alkanes of at least 4 members (excludes halogenated alkanes) is 3. The Morgan fingerprint density at radius 3 is 2.41 bits per heavy atom. The third-order valence-corrected chi connectivity index (χ3v) is 3.82. The van der Waals surface area contributed by atoms with Crippen molar-refractivity contribution in [2.24, 2.45) is 11.3 Å². The van der Waals surface area contributed by atoms with Gasteiger partial charge in [-0.2, -0.15) is 0 Å². The standard InChI is InChI=1S/C16H25NO5/c1-11(18)22-9-7-5-4-6-8-13(15(20)21)17-14(19)12-10-16(12,2)3/h8,12H,4-7,9-10H2,1-3H3,(H,17,19)(H,20,21)/b13-8+. The molecule has 1 amide bonds. The average Bonchev–Trinajstić information content (AvgIpc) is 3.04. The molecule has 0 aromatic rings. The van der Waals surface area contributed by atoms with Gasteiger partial charge in [0, 0.05) is 12.8 Å². The van der Waals surface area contributed by atoms with Crippen LogP contribution in [0.25, 0.3) is 0 Å². The molecule has 0 aromatic heterocycles. The minimum absolute atomic E-state index is 0.0234. The lowest BCUT2D eigenvalue weighted by molar-refractivity contribution is -0.141. The number of carboxylic acids is 1. The Kier molecular flexibility index (Phi) is 6.59. The van der Waals surface area contributed by atoms with Crippen molar-refractivity contribution >= 4 is 17.8 Å². The van der Waals surface area contributed by atoms with E-state index in [1.165, 1.54) is 6.92 Å². The zero-order valence-corrected chi connectivity index (χ0v) is 13.5. The summed E-state index contributed by atoms with van der Waals surface area (Å²) >= 11 is 0. The number of carbonyl (C=O) groups is 3. The highest BCUT2D eigenvalue weighted by Crippen LogP contribution is 2.51. The van der Waals surface area contributed by atoms with Gasteiger partial charge in [0.1, 0.15) is 5.70 Å². The Labute approximate surface area is 130 Å². The molecule has 22 heavy (non-hydrogen) atoms. The molecule has 124 valence electrons. The van der Waals surface area contributed by atoms with Gasteiger partial charge in [0.2, 0.25) is 5.91 Å². The first-order chi connectivity index (χ1) is 10.2. The largest absolute Gasteiger partial charge is 0.477 e. The summed E-state index contributed by atoms with van der Waals surface area (Å²) in [6.45, 7) is 5.74. The number of carbonyl (C=O) groups excluding carboxylic acids is 2. The van der Waals surface area contributed by atoms with Gasteiger partial charge in [-0.25, -0.2) is 4.79 Å². The Morgan fingerprint density at radius 1 is 1.27 bits per heavy atom. The zero-order chi connectivity index (χ0) is 16.8. The molecule has 1 saturated carbocycles.